The molecule has 22 heavy (non-hydrogen) atoms. The molecule has 2 atom stereocenters. The van der Waals surface area contributed by atoms with Crippen LogP contribution in [0.15, 0.2) is 60.7 Å². The minimum Gasteiger partial charge on any atom is -0.114 e. The maximum absolute atomic E-state index is 2.45. The zero-order chi connectivity index (χ0) is 14.2. The van der Waals surface area contributed by atoms with Gasteiger partial charge < -0.3 is 0 Å². The molecule has 2 unspecified atom stereocenters. The predicted octanol–water partition coefficient (Wildman–Crippen LogP) is 6.77. The third-order valence-corrected chi connectivity index (χ3v) is 7.59. The van der Waals surface area contributed by atoms with E-state index in [1.165, 1.54) is 35.8 Å². The molecule has 0 aliphatic rings. The van der Waals surface area contributed by atoms with Gasteiger partial charge >= 0.3 is 0 Å². The fourth-order valence-electron chi connectivity index (χ4n) is 2.29. The average Bonchev–Trinajstić information content (AvgIpc) is 2.47. The molecule has 2 aromatic carbocycles. The van der Waals surface area contributed by atoms with Gasteiger partial charge in [-0.1, -0.05) is 60.7 Å². The molecule has 0 radical (unpaired) electrons. The highest BCUT2D eigenvalue weighted by molar-refractivity contribution is 8.93. The summed E-state index contributed by atoms with van der Waals surface area (Å²) in [6, 6.07) is 21.9. The molecule has 0 bridgehead atoms. The number of rotatable bonds is 7. The Kier molecular flexibility index (Phi) is 12.8. The van der Waals surface area contributed by atoms with Crippen molar-refractivity contribution in [1.29, 1.82) is 0 Å². The third-order valence-electron chi connectivity index (χ3n) is 3.45. The summed E-state index contributed by atoms with van der Waals surface area (Å²) in [6.07, 6.45) is 5.40. The molecule has 0 fully saturated rings. The molecule has 0 aliphatic heterocycles. The van der Waals surface area contributed by atoms with Crippen LogP contribution in [0.25, 0.3) is 0 Å². The highest BCUT2D eigenvalue weighted by Gasteiger charge is 2.07. The normalized spacial score (nSPS) is 12.6. The summed E-state index contributed by atoms with van der Waals surface area (Å²) in [4.78, 5) is 0. The molecule has 0 aliphatic carbocycles. The standard InChI is InChI=1S/C18H24P2.2BrH/c1-19(15-17-9-5-3-6-10-17)13-14-20(2)16-18-11-7-4-8-12-18;;/h3-12H,13-16H2,1-2H3;2*1H. The quantitative estimate of drug-likeness (QED) is 0.397. The molecule has 4 heteroatoms. The van der Waals surface area contributed by atoms with Crippen LogP contribution in [-0.2, 0) is 12.3 Å². The van der Waals surface area contributed by atoms with Crippen LogP contribution in [0.1, 0.15) is 11.1 Å². The number of hydrogen-bond acceptors (Lipinski definition) is 0. The van der Waals surface area contributed by atoms with Gasteiger partial charge in [-0.3, -0.25) is 0 Å². The van der Waals surface area contributed by atoms with Crippen molar-refractivity contribution >= 4 is 49.8 Å². The Labute approximate surface area is 159 Å². The molecule has 0 aromatic heterocycles. The first-order valence-electron chi connectivity index (χ1n) is 7.19. The Morgan fingerprint density at radius 3 is 1.23 bits per heavy atom. The lowest BCUT2D eigenvalue weighted by Gasteiger charge is -2.17. The summed E-state index contributed by atoms with van der Waals surface area (Å²) in [7, 11) is 0.304. The van der Waals surface area contributed by atoms with Crippen molar-refractivity contribution in [3.63, 3.8) is 0 Å². The zero-order valence-corrected chi connectivity index (χ0v) is 18.5. The number of hydrogen-bond donors (Lipinski definition) is 0. The van der Waals surface area contributed by atoms with E-state index >= 15 is 0 Å². The average molecular weight is 464 g/mol. The van der Waals surface area contributed by atoms with Crippen molar-refractivity contribution in [3.8, 4) is 0 Å². The van der Waals surface area contributed by atoms with Gasteiger partial charge in [0.25, 0.3) is 0 Å². The molecule has 2 aromatic rings. The zero-order valence-electron chi connectivity index (χ0n) is 13.3. The van der Waals surface area contributed by atoms with Gasteiger partial charge in [0.1, 0.15) is 0 Å². The minimum atomic E-state index is 0. The Morgan fingerprint density at radius 1 is 0.591 bits per heavy atom. The predicted molar refractivity (Wildman–Crippen MR) is 116 cm³/mol. The first-order valence-corrected chi connectivity index (χ1v) is 11.5. The van der Waals surface area contributed by atoms with Gasteiger partial charge in [0.05, 0.1) is 0 Å². The smallest absolute Gasteiger partial charge is 0.00754 e. The van der Waals surface area contributed by atoms with E-state index in [1.807, 2.05) is 0 Å². The first kappa shape index (κ1) is 22.3. The third kappa shape index (κ3) is 8.78. The Balaban J connectivity index is 0.00000220. The van der Waals surface area contributed by atoms with E-state index in [2.05, 4.69) is 74.0 Å². The molecule has 0 amide bonds. The SMILES string of the molecule is Br.Br.CP(CCP(C)Cc1ccccc1)Cc1ccccc1. The summed E-state index contributed by atoms with van der Waals surface area (Å²) in [5.74, 6) is 0. The largest absolute Gasteiger partial charge is 0.114 e. The Bertz CT molecular complexity index is 443. The minimum absolute atomic E-state index is 0. The second-order valence-corrected chi connectivity index (χ2v) is 10.4. The van der Waals surface area contributed by atoms with Gasteiger partial charge in [-0.2, -0.15) is 0 Å². The van der Waals surface area contributed by atoms with E-state index < -0.39 is 0 Å². The van der Waals surface area contributed by atoms with Crippen LogP contribution in [0, 0.1) is 0 Å². The van der Waals surface area contributed by atoms with Crippen LogP contribution >= 0.6 is 49.8 Å². The van der Waals surface area contributed by atoms with Crippen LogP contribution in [0.4, 0.5) is 0 Å². The van der Waals surface area contributed by atoms with E-state index in [9.17, 15) is 0 Å². The lowest BCUT2D eigenvalue weighted by molar-refractivity contribution is 1.33. The van der Waals surface area contributed by atoms with Crippen LogP contribution in [0.2, 0.25) is 0 Å². The fraction of sp³-hybridized carbons (Fsp3) is 0.333. The van der Waals surface area contributed by atoms with Crippen molar-refractivity contribution in [2.24, 2.45) is 0 Å². The monoisotopic (exact) mass is 462 g/mol. The highest BCUT2D eigenvalue weighted by atomic mass is 79.9. The summed E-state index contributed by atoms with van der Waals surface area (Å²) < 4.78 is 0. The fourth-order valence-corrected chi connectivity index (χ4v) is 7.01. The summed E-state index contributed by atoms with van der Waals surface area (Å²) in [6.45, 7) is 4.90. The first-order chi connectivity index (χ1) is 9.74. The van der Waals surface area contributed by atoms with E-state index in [0.717, 1.165) is 0 Å². The molecule has 0 saturated heterocycles. The van der Waals surface area contributed by atoms with E-state index in [0.29, 0.717) is 0 Å². The highest BCUT2D eigenvalue weighted by Crippen LogP contribution is 2.42. The van der Waals surface area contributed by atoms with Crippen molar-refractivity contribution in [3.05, 3.63) is 71.8 Å². The summed E-state index contributed by atoms with van der Waals surface area (Å²) in [5.41, 5.74) is 3.01. The van der Waals surface area contributed by atoms with Gasteiger partial charge in [0.15, 0.2) is 0 Å². The second-order valence-electron chi connectivity index (χ2n) is 5.45. The van der Waals surface area contributed by atoms with Crippen molar-refractivity contribution in [1.82, 2.24) is 0 Å². The van der Waals surface area contributed by atoms with Gasteiger partial charge in [0, 0.05) is 0 Å². The molecule has 0 spiro atoms. The van der Waals surface area contributed by atoms with Crippen molar-refractivity contribution < 1.29 is 0 Å². The van der Waals surface area contributed by atoms with E-state index in [-0.39, 0.29) is 49.8 Å². The summed E-state index contributed by atoms with van der Waals surface area (Å²) >= 11 is 0. The molecular formula is C18H26Br2P2. The Hall–Kier alpha value is 0.260. The van der Waals surface area contributed by atoms with Crippen molar-refractivity contribution in [2.45, 2.75) is 12.3 Å². The topological polar surface area (TPSA) is 0 Å². The molecular weight excluding hydrogens is 438 g/mol. The van der Waals surface area contributed by atoms with Gasteiger partial charge in [0.2, 0.25) is 0 Å². The molecule has 0 N–H and O–H groups in total. The van der Waals surface area contributed by atoms with Crippen molar-refractivity contribution in [2.75, 3.05) is 25.7 Å². The van der Waals surface area contributed by atoms with Crippen LogP contribution in [0.5, 0.6) is 0 Å². The van der Waals surface area contributed by atoms with Gasteiger partial charge in [-0.15, -0.1) is 49.8 Å². The van der Waals surface area contributed by atoms with E-state index in [1.54, 1.807) is 0 Å². The molecule has 0 heterocycles. The van der Waals surface area contributed by atoms with Crippen LogP contribution in [-0.4, -0.2) is 25.7 Å². The lowest BCUT2D eigenvalue weighted by atomic mass is 10.2. The molecule has 0 nitrogen and oxygen atoms in total. The Morgan fingerprint density at radius 2 is 0.909 bits per heavy atom. The van der Waals surface area contributed by atoms with Gasteiger partial charge in [-0.25, -0.2) is 0 Å². The number of halogens is 2. The maximum Gasteiger partial charge on any atom is -0.00754 e. The second kappa shape index (κ2) is 12.7. The molecule has 122 valence electrons. The molecule has 2 rings (SSSR count). The van der Waals surface area contributed by atoms with Crippen LogP contribution < -0.4 is 0 Å². The van der Waals surface area contributed by atoms with E-state index in [4.69, 9.17) is 0 Å². The number of benzene rings is 2. The lowest BCUT2D eigenvalue weighted by Crippen LogP contribution is -1.95. The van der Waals surface area contributed by atoms with Gasteiger partial charge in [-0.05, 0) is 49.1 Å². The van der Waals surface area contributed by atoms with Crippen LogP contribution in [0.3, 0.4) is 0 Å². The summed E-state index contributed by atoms with van der Waals surface area (Å²) in [5, 5.41) is 0. The molecule has 0 saturated carbocycles. The maximum atomic E-state index is 2.45.